The van der Waals surface area contributed by atoms with Crippen molar-refractivity contribution in [2.75, 3.05) is 18.8 Å². The smallest absolute Gasteiger partial charge is 0.250 e. The minimum atomic E-state index is -3.56. The summed E-state index contributed by atoms with van der Waals surface area (Å²) in [6, 6.07) is 3.14. The van der Waals surface area contributed by atoms with Gasteiger partial charge in [0.2, 0.25) is 10.0 Å². The van der Waals surface area contributed by atoms with E-state index in [0.29, 0.717) is 39.1 Å². The maximum absolute atomic E-state index is 12.6. The van der Waals surface area contributed by atoms with Crippen molar-refractivity contribution in [1.82, 2.24) is 19.8 Å². The van der Waals surface area contributed by atoms with Crippen molar-refractivity contribution in [2.24, 2.45) is 0 Å². The molecule has 2 atom stereocenters. The van der Waals surface area contributed by atoms with E-state index in [1.165, 1.54) is 22.7 Å². The summed E-state index contributed by atoms with van der Waals surface area (Å²) in [5.41, 5.74) is 8.62. The Hall–Kier alpha value is -1.63. The van der Waals surface area contributed by atoms with Crippen LogP contribution in [-0.2, 0) is 10.0 Å². The van der Waals surface area contributed by atoms with Crippen molar-refractivity contribution in [3.63, 3.8) is 0 Å². The van der Waals surface area contributed by atoms with Crippen LogP contribution in [0.25, 0.3) is 10.2 Å². The van der Waals surface area contributed by atoms with Gasteiger partial charge < -0.3 is 10.8 Å². The van der Waals surface area contributed by atoms with Gasteiger partial charge in [-0.3, -0.25) is 4.90 Å². The van der Waals surface area contributed by atoms with Crippen LogP contribution < -0.4 is 10.5 Å². The molecule has 156 valence electrons. The van der Waals surface area contributed by atoms with Crippen molar-refractivity contribution >= 4 is 48.6 Å². The van der Waals surface area contributed by atoms with Crippen LogP contribution in [0.2, 0.25) is 0 Å². The van der Waals surface area contributed by atoms with Crippen molar-refractivity contribution in [3.05, 3.63) is 33.1 Å². The molecular weight excluding hydrogens is 430 g/mol. The number of fused-ring (bicyclic) bond motifs is 1. The molecule has 4 N–H and O–H groups in total. The summed E-state index contributed by atoms with van der Waals surface area (Å²) in [4.78, 5) is 4.11. The predicted molar refractivity (Wildman–Crippen MR) is 116 cm³/mol. The molecule has 8 nitrogen and oxygen atoms in total. The number of aliphatic hydroxyl groups is 1. The molecule has 3 aromatic heterocycles. The number of aromatic nitrogens is 2. The van der Waals surface area contributed by atoms with E-state index in [9.17, 15) is 13.5 Å². The summed E-state index contributed by atoms with van der Waals surface area (Å²) in [5.74, 6) is 0. The Morgan fingerprint density at radius 1 is 1.28 bits per heavy atom. The van der Waals surface area contributed by atoms with E-state index in [1.807, 2.05) is 25.7 Å². The highest BCUT2D eigenvalue weighted by Crippen LogP contribution is 2.40. The highest BCUT2D eigenvalue weighted by Gasteiger charge is 2.33. The molecule has 0 saturated carbocycles. The van der Waals surface area contributed by atoms with E-state index in [2.05, 4.69) is 14.9 Å². The zero-order valence-electron chi connectivity index (χ0n) is 16.3. The van der Waals surface area contributed by atoms with E-state index >= 15 is 0 Å². The number of aliphatic hydroxyl groups excluding tert-OH is 1. The molecule has 11 heteroatoms. The van der Waals surface area contributed by atoms with Crippen molar-refractivity contribution in [3.8, 4) is 0 Å². The summed E-state index contributed by atoms with van der Waals surface area (Å²) in [7, 11) is -3.56. The number of nitrogen functional groups attached to an aromatic ring is 1. The lowest BCUT2D eigenvalue weighted by Crippen LogP contribution is -2.37. The molecule has 1 aliphatic heterocycles. The molecule has 4 rings (SSSR count). The average molecular weight is 454 g/mol. The fraction of sp³-hybridized carbons (Fsp3) is 0.444. The highest BCUT2D eigenvalue weighted by atomic mass is 32.2. The molecule has 1 saturated heterocycles. The first-order valence-electron chi connectivity index (χ1n) is 9.20. The molecule has 3 aromatic rings. The Morgan fingerprint density at radius 3 is 2.72 bits per heavy atom. The van der Waals surface area contributed by atoms with Gasteiger partial charge in [-0.1, -0.05) is 0 Å². The fourth-order valence-corrected chi connectivity index (χ4v) is 7.24. The molecule has 0 aliphatic carbocycles. The zero-order valence-corrected chi connectivity index (χ0v) is 18.8. The van der Waals surface area contributed by atoms with Crippen LogP contribution in [0, 0.1) is 20.8 Å². The summed E-state index contributed by atoms with van der Waals surface area (Å²) >= 11 is 2.58. The third-order valence-electron chi connectivity index (χ3n) is 5.27. The lowest BCUT2D eigenvalue weighted by Gasteiger charge is -2.22. The molecule has 1 aliphatic rings. The average Bonchev–Trinajstić information content (AvgIpc) is 3.37. The van der Waals surface area contributed by atoms with Gasteiger partial charge in [0.1, 0.15) is 15.3 Å². The number of thiophene rings is 2. The Balaban J connectivity index is 1.51. The normalized spacial score (nSPS) is 19.2. The maximum atomic E-state index is 12.6. The molecule has 2 unspecified atom stereocenters. The monoisotopic (exact) mass is 453 g/mol. The van der Waals surface area contributed by atoms with Gasteiger partial charge in [-0.05, 0) is 44.9 Å². The fourth-order valence-electron chi connectivity index (χ4n) is 3.55. The number of nitrogens with two attached hydrogens (primary N) is 1. The largest absolute Gasteiger partial charge is 0.397 e. The van der Waals surface area contributed by atoms with Crippen LogP contribution in [0.15, 0.2) is 16.3 Å². The Labute approximate surface area is 177 Å². The second-order valence-corrected chi connectivity index (χ2v) is 11.6. The van der Waals surface area contributed by atoms with Gasteiger partial charge in [0.15, 0.2) is 0 Å². The minimum absolute atomic E-state index is 0.267. The lowest BCUT2D eigenvalue weighted by molar-refractivity contribution is 0.0214. The number of hydrogen-bond acceptors (Lipinski definition) is 9. The Morgan fingerprint density at radius 2 is 2.03 bits per heavy atom. The summed E-state index contributed by atoms with van der Waals surface area (Å²) in [6.07, 6.45) is -0.295. The number of nitrogens with zero attached hydrogens (tertiary/aromatic N) is 3. The number of likely N-dealkylation sites (tertiary alicyclic amines) is 1. The van der Waals surface area contributed by atoms with Gasteiger partial charge >= 0.3 is 0 Å². The lowest BCUT2D eigenvalue weighted by atomic mass is 10.1. The van der Waals surface area contributed by atoms with E-state index < -0.39 is 16.3 Å². The molecule has 0 radical (unpaired) electrons. The van der Waals surface area contributed by atoms with Crippen molar-refractivity contribution in [1.29, 1.82) is 0 Å². The molecule has 0 spiro atoms. The van der Waals surface area contributed by atoms with Crippen LogP contribution in [0.3, 0.4) is 0 Å². The first kappa shape index (κ1) is 20.6. The molecule has 0 amide bonds. The Kier molecular flexibility index (Phi) is 5.38. The van der Waals surface area contributed by atoms with Crippen molar-refractivity contribution in [2.45, 2.75) is 43.7 Å². The number of sulfonamides is 1. The Bertz CT molecular complexity index is 1170. The van der Waals surface area contributed by atoms with Gasteiger partial charge in [-0.15, -0.1) is 27.8 Å². The van der Waals surface area contributed by atoms with Gasteiger partial charge in [0.05, 0.1) is 16.3 Å². The van der Waals surface area contributed by atoms with E-state index in [0.717, 1.165) is 21.5 Å². The van der Waals surface area contributed by atoms with Crippen LogP contribution in [0.4, 0.5) is 5.69 Å². The zero-order chi connectivity index (χ0) is 20.9. The summed E-state index contributed by atoms with van der Waals surface area (Å²) in [5, 5.41) is 20.1. The SMILES string of the molecule is Cc1ccc(S(=O)(=O)NC2CCN(C(O)c3sc4nnc(C)c(C)c4c3N)C2)s1. The first-order valence-corrected chi connectivity index (χ1v) is 12.3. The van der Waals surface area contributed by atoms with E-state index in [-0.39, 0.29) is 6.04 Å². The second kappa shape index (κ2) is 7.56. The van der Waals surface area contributed by atoms with Crippen LogP contribution in [0.5, 0.6) is 0 Å². The third-order valence-corrected chi connectivity index (χ3v) is 9.41. The number of anilines is 1. The molecule has 29 heavy (non-hydrogen) atoms. The molecule has 0 aromatic carbocycles. The number of nitrogens with one attached hydrogen (secondary N) is 1. The third kappa shape index (κ3) is 3.78. The maximum Gasteiger partial charge on any atom is 0.250 e. The van der Waals surface area contributed by atoms with Crippen LogP contribution in [0.1, 0.15) is 33.7 Å². The van der Waals surface area contributed by atoms with Gasteiger partial charge in [-0.25, -0.2) is 13.1 Å². The predicted octanol–water partition coefficient (Wildman–Crippen LogP) is 2.30. The molecule has 0 bridgehead atoms. The van der Waals surface area contributed by atoms with Gasteiger partial charge in [0.25, 0.3) is 0 Å². The second-order valence-electron chi connectivity index (χ2n) is 7.31. The van der Waals surface area contributed by atoms with E-state index in [1.54, 1.807) is 12.1 Å². The quantitative estimate of drug-likeness (QED) is 0.542. The topological polar surface area (TPSA) is 121 Å². The standard InChI is InChI=1S/C18H23N5O3S3/c1-9-4-5-13(27-9)29(25,26)22-12-6-7-23(8-12)18(24)16-15(19)14-10(2)11(3)20-21-17(14)28-16/h4-5,12,18,22,24H,6-8,19H2,1-3H3. The number of rotatable bonds is 5. The number of hydrogen-bond donors (Lipinski definition) is 3. The summed E-state index contributed by atoms with van der Waals surface area (Å²) < 4.78 is 28.2. The summed E-state index contributed by atoms with van der Waals surface area (Å²) in [6.45, 7) is 6.66. The molecule has 1 fully saturated rings. The van der Waals surface area contributed by atoms with E-state index in [4.69, 9.17) is 5.73 Å². The molecular formula is C18H23N5O3S3. The first-order chi connectivity index (χ1) is 13.7. The van der Waals surface area contributed by atoms with Crippen LogP contribution >= 0.6 is 22.7 Å². The highest BCUT2D eigenvalue weighted by molar-refractivity contribution is 7.91. The van der Waals surface area contributed by atoms with Gasteiger partial charge in [0, 0.05) is 29.4 Å². The molecule has 4 heterocycles. The van der Waals surface area contributed by atoms with Crippen LogP contribution in [-0.4, -0.2) is 47.8 Å². The number of aryl methyl sites for hydroxylation is 3. The van der Waals surface area contributed by atoms with Crippen molar-refractivity contribution < 1.29 is 13.5 Å². The van der Waals surface area contributed by atoms with Gasteiger partial charge in [-0.2, -0.15) is 5.10 Å². The minimum Gasteiger partial charge on any atom is -0.397 e.